The van der Waals surface area contributed by atoms with Crippen LogP contribution in [0, 0.1) is 25.2 Å². The van der Waals surface area contributed by atoms with E-state index in [0.717, 1.165) is 126 Å². The van der Waals surface area contributed by atoms with Gasteiger partial charge in [0, 0.05) is 117 Å². The summed E-state index contributed by atoms with van der Waals surface area (Å²) in [5, 5.41) is 19.7. The number of pyridine rings is 2. The molecule has 14 nitrogen and oxygen atoms in total. The second kappa shape index (κ2) is 21.6. The predicted octanol–water partition coefficient (Wildman–Crippen LogP) is 9.58. The molecule has 6 aromatic rings. The largest absolute Gasteiger partial charge is 0.473 e. The number of nitriles is 1. The fourth-order valence-electron chi connectivity index (χ4n) is 8.47. The van der Waals surface area contributed by atoms with E-state index >= 15 is 0 Å². The Morgan fingerprint density at radius 1 is 0.910 bits per heavy atom. The highest BCUT2D eigenvalue weighted by atomic mass is 16.5. The van der Waals surface area contributed by atoms with Gasteiger partial charge in [0.15, 0.2) is 0 Å². The molecular formula is C53H61N11O3. The summed E-state index contributed by atoms with van der Waals surface area (Å²) in [5.41, 5.74) is 12.5. The highest BCUT2D eigenvalue weighted by molar-refractivity contribution is 6.04. The summed E-state index contributed by atoms with van der Waals surface area (Å²) in [4.78, 5) is 36.2. The summed E-state index contributed by atoms with van der Waals surface area (Å²) >= 11 is 0. The third kappa shape index (κ3) is 11.5. The highest BCUT2D eigenvalue weighted by Crippen LogP contribution is 2.37. The monoisotopic (exact) mass is 899 g/mol. The van der Waals surface area contributed by atoms with Crippen LogP contribution in [0.2, 0.25) is 0 Å². The topological polar surface area (TPSA) is 159 Å². The van der Waals surface area contributed by atoms with E-state index in [4.69, 9.17) is 24.8 Å². The van der Waals surface area contributed by atoms with Gasteiger partial charge in [-0.25, -0.2) is 15.0 Å². The molecule has 2 N–H and O–H groups in total. The van der Waals surface area contributed by atoms with Crippen molar-refractivity contribution in [2.24, 2.45) is 0 Å². The van der Waals surface area contributed by atoms with Crippen LogP contribution in [-0.2, 0) is 11.2 Å². The Bertz CT molecular complexity index is 2740. The fourth-order valence-corrected chi connectivity index (χ4v) is 8.47. The molecule has 2 aliphatic heterocycles. The molecular weight excluding hydrogens is 839 g/mol. The van der Waals surface area contributed by atoms with Gasteiger partial charge in [-0.3, -0.25) is 19.4 Å². The summed E-state index contributed by atoms with van der Waals surface area (Å²) < 4.78 is 13.9. The summed E-state index contributed by atoms with van der Waals surface area (Å²) in [5.74, 6) is 1.09. The molecule has 67 heavy (non-hydrogen) atoms. The van der Waals surface area contributed by atoms with Gasteiger partial charge in [0.1, 0.15) is 17.5 Å². The maximum Gasteiger partial charge on any atom is 0.255 e. The van der Waals surface area contributed by atoms with Crippen LogP contribution < -0.4 is 20.3 Å². The van der Waals surface area contributed by atoms with E-state index < -0.39 is 0 Å². The summed E-state index contributed by atoms with van der Waals surface area (Å²) in [6, 6.07) is 22.8. The molecule has 14 heteroatoms. The smallest absolute Gasteiger partial charge is 0.255 e. The number of aryl methyl sites for hydroxylation is 2. The van der Waals surface area contributed by atoms with Gasteiger partial charge in [-0.1, -0.05) is 35.9 Å². The predicted molar refractivity (Wildman–Crippen MR) is 265 cm³/mol. The van der Waals surface area contributed by atoms with E-state index in [-0.39, 0.29) is 18.1 Å². The summed E-state index contributed by atoms with van der Waals surface area (Å²) in [6.07, 6.45) is 14.9. The molecule has 346 valence electrons. The van der Waals surface area contributed by atoms with E-state index in [1.807, 2.05) is 72.7 Å². The molecule has 1 aliphatic carbocycles. The average Bonchev–Trinajstić information content (AvgIpc) is 4.02. The van der Waals surface area contributed by atoms with Crippen LogP contribution in [0.15, 0.2) is 91.5 Å². The first-order valence-corrected chi connectivity index (χ1v) is 23.4. The number of ether oxygens (including phenoxy) is 2. The zero-order valence-corrected chi connectivity index (χ0v) is 39.5. The molecule has 0 radical (unpaired) electrons. The first-order chi connectivity index (χ1) is 32.5. The van der Waals surface area contributed by atoms with Crippen molar-refractivity contribution in [2.75, 3.05) is 61.5 Å². The lowest BCUT2D eigenvalue weighted by molar-refractivity contribution is 0.0239. The number of anilines is 3. The number of hydrogen-bond acceptors (Lipinski definition) is 12. The van der Waals surface area contributed by atoms with E-state index in [9.17, 15) is 4.79 Å². The number of amides is 1. The number of piperazine rings is 1. The van der Waals surface area contributed by atoms with Crippen LogP contribution in [0.5, 0.6) is 5.88 Å². The van der Waals surface area contributed by atoms with E-state index in [0.29, 0.717) is 36.4 Å². The van der Waals surface area contributed by atoms with Crippen LogP contribution >= 0.6 is 0 Å². The number of carbonyl (C=O) groups is 1. The van der Waals surface area contributed by atoms with Crippen molar-refractivity contribution < 1.29 is 14.3 Å². The molecule has 9 rings (SSSR count). The van der Waals surface area contributed by atoms with Gasteiger partial charge >= 0.3 is 0 Å². The van der Waals surface area contributed by atoms with Crippen LogP contribution in [0.25, 0.3) is 39.7 Å². The normalized spacial score (nSPS) is 14.9. The maximum absolute atomic E-state index is 12.9. The first-order valence-electron chi connectivity index (χ1n) is 23.4. The SMILES string of the molecule is CC(C)n1cc(-c2ccnc(NCCC#N)n2)c(-c2cnc3c(c2)C=CC3)n1.Cc1cccc(C(=O)Nc2ccc(C)c(-c3cnc(OC4CCOCC4)c(N4CCN(C(C)C)CC4)c3)c2)c1. The maximum atomic E-state index is 12.9. The van der Waals surface area contributed by atoms with Crippen molar-refractivity contribution in [1.82, 2.24) is 34.6 Å². The van der Waals surface area contributed by atoms with Crippen molar-refractivity contribution in [1.29, 1.82) is 5.26 Å². The van der Waals surface area contributed by atoms with Gasteiger partial charge in [0.2, 0.25) is 11.8 Å². The quantitative estimate of drug-likeness (QED) is 0.106. The fraction of sp³-hybridized carbons (Fsp3) is 0.377. The van der Waals surface area contributed by atoms with Gasteiger partial charge in [-0.15, -0.1) is 0 Å². The molecule has 0 unspecified atom stereocenters. The second-order valence-corrected chi connectivity index (χ2v) is 17.9. The standard InChI is InChI=1S/C32H40N4O3.C21H21N7/c1-22(2)35-12-14-36(15-13-35)30-19-26(21-33-32(30)39-28-10-16-38-17-11-28)29-20-27(9-8-24(29)4)34-31(37)25-7-5-6-23(3)18-25;1-14(2)28-13-17(19-7-10-24-21(26-19)23-9-4-8-22)20(27-28)16-11-15-5-3-6-18(15)25-12-16/h5-9,18-22,28H,10-17H2,1-4H3,(H,34,37);3,5,7,10-14H,4,6,9H2,1-2H3,(H,23,24,26). The zero-order chi connectivity index (χ0) is 46.9. The molecule has 3 aliphatic rings. The number of nitrogens with zero attached hydrogens (tertiary/aromatic N) is 9. The lowest BCUT2D eigenvalue weighted by Gasteiger charge is -2.38. The Kier molecular flexibility index (Phi) is 15.0. The third-order valence-corrected chi connectivity index (χ3v) is 12.3. The number of rotatable bonds is 13. The highest BCUT2D eigenvalue weighted by Gasteiger charge is 2.26. The molecule has 2 fully saturated rings. The van der Waals surface area contributed by atoms with E-state index in [2.05, 4.69) is 106 Å². The molecule has 4 aromatic heterocycles. The Labute approximate surface area is 394 Å². The van der Waals surface area contributed by atoms with Crippen LogP contribution in [-0.4, -0.2) is 98.6 Å². The number of hydrogen-bond donors (Lipinski definition) is 2. The first kappa shape index (κ1) is 46.6. The van der Waals surface area contributed by atoms with Crippen LogP contribution in [0.1, 0.15) is 85.7 Å². The molecule has 0 saturated carbocycles. The number of nitrogens with one attached hydrogen (secondary N) is 2. The molecule has 2 aromatic carbocycles. The molecule has 6 heterocycles. The Morgan fingerprint density at radius 2 is 1.72 bits per heavy atom. The Morgan fingerprint density at radius 3 is 2.48 bits per heavy atom. The van der Waals surface area contributed by atoms with Gasteiger partial charge in [0.05, 0.1) is 37.1 Å². The minimum Gasteiger partial charge on any atom is -0.473 e. The van der Waals surface area contributed by atoms with Gasteiger partial charge in [-0.05, 0) is 101 Å². The lowest BCUT2D eigenvalue weighted by atomic mass is 10.0. The number of fused-ring (bicyclic) bond motifs is 1. The molecule has 1 amide bonds. The van der Waals surface area contributed by atoms with Crippen LogP contribution in [0.4, 0.5) is 17.3 Å². The van der Waals surface area contributed by atoms with E-state index in [1.165, 1.54) is 0 Å². The van der Waals surface area contributed by atoms with Crippen molar-refractivity contribution in [3.05, 3.63) is 119 Å². The Hall–Kier alpha value is -6.95. The molecule has 0 atom stereocenters. The lowest BCUT2D eigenvalue weighted by Crippen LogP contribution is -2.49. The van der Waals surface area contributed by atoms with Crippen LogP contribution in [0.3, 0.4) is 0 Å². The average molecular weight is 900 g/mol. The molecule has 0 spiro atoms. The second-order valence-electron chi connectivity index (χ2n) is 17.9. The van der Waals surface area contributed by atoms with Crippen molar-refractivity contribution >= 4 is 29.3 Å². The zero-order valence-electron chi connectivity index (χ0n) is 39.5. The molecule has 2 saturated heterocycles. The van der Waals surface area contributed by atoms with Gasteiger partial charge in [-0.2, -0.15) is 10.4 Å². The minimum absolute atomic E-state index is 0.115. The Balaban J connectivity index is 0.000000192. The van der Waals surface area contributed by atoms with Gasteiger partial charge < -0.3 is 25.0 Å². The van der Waals surface area contributed by atoms with E-state index in [1.54, 1.807) is 6.20 Å². The number of benzene rings is 2. The number of carbonyl (C=O) groups excluding carboxylic acids is 1. The summed E-state index contributed by atoms with van der Waals surface area (Å²) in [6.45, 7) is 18.6. The van der Waals surface area contributed by atoms with Gasteiger partial charge in [0.25, 0.3) is 5.91 Å². The van der Waals surface area contributed by atoms with Crippen molar-refractivity contribution in [3.63, 3.8) is 0 Å². The van der Waals surface area contributed by atoms with Crippen molar-refractivity contribution in [3.8, 4) is 45.6 Å². The minimum atomic E-state index is -0.115. The third-order valence-electron chi connectivity index (χ3n) is 12.3. The number of aromatic nitrogens is 6. The number of allylic oxidation sites excluding steroid dienone is 1. The molecule has 0 bridgehead atoms. The summed E-state index contributed by atoms with van der Waals surface area (Å²) in [7, 11) is 0. The van der Waals surface area contributed by atoms with Crippen molar-refractivity contribution in [2.45, 2.75) is 85.4 Å².